The zero-order valence-corrected chi connectivity index (χ0v) is 12.2. The minimum atomic E-state index is -0.556. The molecule has 0 saturated heterocycles. The van der Waals surface area contributed by atoms with Crippen LogP contribution >= 0.6 is 0 Å². The number of nitrogens with zero attached hydrogens (tertiary/aromatic N) is 3. The average molecular weight is 275 g/mol. The topological polar surface area (TPSA) is 60.2 Å². The fourth-order valence-corrected chi connectivity index (χ4v) is 2.05. The number of aromatic nitrogens is 3. The van der Waals surface area contributed by atoms with E-state index in [0.717, 1.165) is 29.9 Å². The second-order valence-electron chi connectivity index (χ2n) is 4.91. The van der Waals surface area contributed by atoms with Gasteiger partial charge in [0.05, 0.1) is 6.10 Å². The summed E-state index contributed by atoms with van der Waals surface area (Å²) in [5.41, 5.74) is 1.89. The lowest BCUT2D eigenvalue weighted by molar-refractivity contribution is 0.189. The first-order valence-corrected chi connectivity index (χ1v) is 6.90. The van der Waals surface area contributed by atoms with E-state index in [4.69, 9.17) is 4.74 Å². The molecule has 0 aliphatic carbocycles. The Balaban J connectivity index is 2.14. The molecule has 0 aliphatic rings. The molecular formula is C15H21N3O2. The Bertz CT molecular complexity index is 564. The quantitative estimate of drug-likeness (QED) is 0.880. The molecule has 5 nitrogen and oxygen atoms in total. The molecule has 2 aromatic rings. The Morgan fingerprint density at radius 3 is 2.90 bits per heavy atom. The lowest BCUT2D eigenvalue weighted by Crippen LogP contribution is -2.09. The molecule has 0 aliphatic heterocycles. The van der Waals surface area contributed by atoms with Gasteiger partial charge >= 0.3 is 0 Å². The Kier molecular flexibility index (Phi) is 4.74. The zero-order chi connectivity index (χ0) is 14.5. The summed E-state index contributed by atoms with van der Waals surface area (Å²) in [6.07, 6.45) is 1.99. The van der Waals surface area contributed by atoms with Crippen molar-refractivity contribution in [1.29, 1.82) is 0 Å². The van der Waals surface area contributed by atoms with E-state index in [2.05, 4.69) is 17.0 Å². The van der Waals surface area contributed by atoms with Gasteiger partial charge < -0.3 is 9.84 Å². The van der Waals surface area contributed by atoms with Gasteiger partial charge in [-0.15, -0.1) is 0 Å². The molecule has 0 bridgehead atoms. The smallest absolute Gasteiger partial charge is 0.164 e. The number of ether oxygens (including phenoxy) is 1. The molecule has 0 saturated carbocycles. The van der Waals surface area contributed by atoms with E-state index in [0.29, 0.717) is 12.4 Å². The van der Waals surface area contributed by atoms with Crippen molar-refractivity contribution in [3.8, 4) is 5.75 Å². The van der Waals surface area contributed by atoms with Gasteiger partial charge in [-0.1, -0.05) is 19.1 Å². The Morgan fingerprint density at radius 1 is 1.40 bits per heavy atom. The highest BCUT2D eigenvalue weighted by Gasteiger charge is 2.11. The first kappa shape index (κ1) is 14.5. The first-order chi connectivity index (χ1) is 9.61. The summed E-state index contributed by atoms with van der Waals surface area (Å²) in [7, 11) is 0. The molecule has 5 heteroatoms. The highest BCUT2D eigenvalue weighted by Crippen LogP contribution is 2.26. The predicted molar refractivity (Wildman–Crippen MR) is 76.5 cm³/mol. The molecule has 20 heavy (non-hydrogen) atoms. The van der Waals surface area contributed by atoms with Crippen LogP contribution in [0.5, 0.6) is 5.75 Å². The number of benzene rings is 1. The van der Waals surface area contributed by atoms with E-state index < -0.39 is 6.10 Å². The molecule has 1 aromatic carbocycles. The van der Waals surface area contributed by atoms with Crippen LogP contribution in [0.4, 0.5) is 0 Å². The van der Waals surface area contributed by atoms with Crippen molar-refractivity contribution >= 4 is 0 Å². The van der Waals surface area contributed by atoms with E-state index in [1.54, 1.807) is 13.3 Å². The van der Waals surface area contributed by atoms with Gasteiger partial charge in [-0.3, -0.25) is 0 Å². The Labute approximate surface area is 119 Å². The van der Waals surface area contributed by atoms with Gasteiger partial charge in [0.15, 0.2) is 5.82 Å². The van der Waals surface area contributed by atoms with Gasteiger partial charge in [0.25, 0.3) is 0 Å². The maximum Gasteiger partial charge on any atom is 0.164 e. The predicted octanol–water partition coefficient (Wildman–Crippen LogP) is 2.63. The van der Waals surface area contributed by atoms with Crippen LogP contribution in [0.15, 0.2) is 24.5 Å². The fraction of sp³-hybridized carbons (Fsp3) is 0.467. The van der Waals surface area contributed by atoms with Crippen molar-refractivity contribution < 1.29 is 9.84 Å². The molecule has 1 unspecified atom stereocenters. The van der Waals surface area contributed by atoms with Crippen LogP contribution in [0.25, 0.3) is 0 Å². The van der Waals surface area contributed by atoms with Crippen molar-refractivity contribution in [2.75, 3.05) is 0 Å². The van der Waals surface area contributed by atoms with E-state index in [-0.39, 0.29) is 0 Å². The zero-order valence-electron chi connectivity index (χ0n) is 12.2. The number of aliphatic hydroxyl groups is 1. The molecule has 0 fully saturated rings. The summed E-state index contributed by atoms with van der Waals surface area (Å²) in [5.74, 6) is 1.50. The van der Waals surface area contributed by atoms with Crippen molar-refractivity contribution in [2.45, 2.75) is 46.4 Å². The summed E-state index contributed by atoms with van der Waals surface area (Å²) in [6, 6.07) is 5.79. The van der Waals surface area contributed by atoms with E-state index in [9.17, 15) is 5.11 Å². The summed E-state index contributed by atoms with van der Waals surface area (Å²) >= 11 is 0. The molecule has 1 atom stereocenters. The minimum Gasteiger partial charge on any atom is -0.485 e. The van der Waals surface area contributed by atoms with Crippen LogP contribution < -0.4 is 4.74 Å². The highest BCUT2D eigenvalue weighted by atomic mass is 16.5. The number of aliphatic hydroxyl groups excluding tert-OH is 1. The SMILES string of the molecule is CCCn1ncnc1COc1cc(C)ccc1C(C)O. The third-order valence-electron chi connectivity index (χ3n) is 3.11. The molecule has 1 aromatic heterocycles. The van der Waals surface area contributed by atoms with Crippen LogP contribution in [-0.2, 0) is 13.2 Å². The van der Waals surface area contributed by atoms with Crippen LogP contribution in [0, 0.1) is 6.92 Å². The second kappa shape index (κ2) is 6.52. The third kappa shape index (κ3) is 3.36. The normalized spacial score (nSPS) is 12.4. The Hall–Kier alpha value is -1.88. The minimum absolute atomic E-state index is 0.350. The van der Waals surface area contributed by atoms with E-state index in [1.807, 2.05) is 29.8 Å². The van der Waals surface area contributed by atoms with Crippen LogP contribution in [0.1, 0.15) is 43.3 Å². The standard InChI is InChI=1S/C15H21N3O2/c1-4-7-18-15(16-10-17-18)9-20-14-8-11(2)5-6-13(14)12(3)19/h5-6,8,10,12,19H,4,7,9H2,1-3H3. The van der Waals surface area contributed by atoms with Gasteiger partial charge in [-0.25, -0.2) is 9.67 Å². The van der Waals surface area contributed by atoms with E-state index >= 15 is 0 Å². The van der Waals surface area contributed by atoms with E-state index in [1.165, 1.54) is 0 Å². The molecule has 0 amide bonds. The van der Waals surface area contributed by atoms with Gasteiger partial charge in [0, 0.05) is 12.1 Å². The van der Waals surface area contributed by atoms with Crippen molar-refractivity contribution in [3.05, 3.63) is 41.5 Å². The third-order valence-corrected chi connectivity index (χ3v) is 3.11. The maximum atomic E-state index is 9.78. The first-order valence-electron chi connectivity index (χ1n) is 6.90. The lowest BCUT2D eigenvalue weighted by Gasteiger charge is -2.14. The number of hydrogen-bond donors (Lipinski definition) is 1. The molecule has 1 N–H and O–H groups in total. The van der Waals surface area contributed by atoms with Crippen LogP contribution in [0.3, 0.4) is 0 Å². The summed E-state index contributed by atoms with van der Waals surface area (Å²) in [4.78, 5) is 4.21. The highest BCUT2D eigenvalue weighted by molar-refractivity contribution is 5.38. The van der Waals surface area contributed by atoms with Gasteiger partial charge in [0.1, 0.15) is 18.7 Å². The number of hydrogen-bond acceptors (Lipinski definition) is 4. The molecule has 0 radical (unpaired) electrons. The van der Waals surface area contributed by atoms with Gasteiger partial charge in [0.2, 0.25) is 0 Å². The molecule has 2 rings (SSSR count). The van der Waals surface area contributed by atoms with Crippen molar-refractivity contribution in [2.24, 2.45) is 0 Å². The summed E-state index contributed by atoms with van der Waals surface area (Å²) in [6.45, 7) is 7.01. The van der Waals surface area contributed by atoms with Gasteiger partial charge in [-0.2, -0.15) is 5.10 Å². The largest absolute Gasteiger partial charge is 0.485 e. The number of aryl methyl sites for hydroxylation is 2. The van der Waals surface area contributed by atoms with Crippen molar-refractivity contribution in [1.82, 2.24) is 14.8 Å². The molecule has 0 spiro atoms. The maximum absolute atomic E-state index is 9.78. The molecule has 108 valence electrons. The fourth-order valence-electron chi connectivity index (χ4n) is 2.05. The number of rotatable bonds is 6. The summed E-state index contributed by atoms with van der Waals surface area (Å²) < 4.78 is 7.67. The summed E-state index contributed by atoms with van der Waals surface area (Å²) in [5, 5.41) is 13.9. The monoisotopic (exact) mass is 275 g/mol. The molecule has 1 heterocycles. The van der Waals surface area contributed by atoms with Crippen LogP contribution in [0.2, 0.25) is 0 Å². The Morgan fingerprint density at radius 2 is 2.20 bits per heavy atom. The second-order valence-corrected chi connectivity index (χ2v) is 4.91. The lowest BCUT2D eigenvalue weighted by atomic mass is 10.1. The van der Waals surface area contributed by atoms with Gasteiger partial charge in [-0.05, 0) is 31.9 Å². The van der Waals surface area contributed by atoms with Crippen molar-refractivity contribution in [3.63, 3.8) is 0 Å². The average Bonchev–Trinajstić information content (AvgIpc) is 2.84. The van der Waals surface area contributed by atoms with Crippen LogP contribution in [-0.4, -0.2) is 19.9 Å². The molecular weight excluding hydrogens is 254 g/mol.